The molecule has 1 rings (SSSR count). The molecule has 0 saturated heterocycles. The molecule has 0 spiro atoms. The Morgan fingerprint density at radius 3 is 2.29 bits per heavy atom. The number of nitrogens with one attached hydrogen (secondary N) is 3. The molecular formula is C13H24N6O2. The molecule has 0 fully saturated rings. The van der Waals surface area contributed by atoms with E-state index in [9.17, 15) is 4.79 Å². The maximum atomic E-state index is 11.6. The Kier molecular flexibility index (Phi) is 7.85. The Bertz CT molecular complexity index is 441. The quantitative estimate of drug-likeness (QED) is 0.592. The van der Waals surface area contributed by atoms with Crippen molar-refractivity contribution in [2.45, 2.75) is 33.6 Å². The van der Waals surface area contributed by atoms with Gasteiger partial charge in [0.05, 0.1) is 13.2 Å². The van der Waals surface area contributed by atoms with Crippen molar-refractivity contribution in [1.82, 2.24) is 20.3 Å². The van der Waals surface area contributed by atoms with E-state index in [1.807, 2.05) is 13.8 Å². The molecular weight excluding hydrogens is 272 g/mol. The Balaban J connectivity index is 2.65. The van der Waals surface area contributed by atoms with Crippen molar-refractivity contribution >= 4 is 17.8 Å². The van der Waals surface area contributed by atoms with Crippen LogP contribution in [0.2, 0.25) is 0 Å². The topological polar surface area (TPSA) is 101 Å². The van der Waals surface area contributed by atoms with Crippen molar-refractivity contribution in [1.29, 1.82) is 0 Å². The lowest BCUT2D eigenvalue weighted by Crippen LogP contribution is -2.30. The largest absolute Gasteiger partial charge is 0.464 e. The molecule has 8 nitrogen and oxygen atoms in total. The van der Waals surface area contributed by atoms with E-state index >= 15 is 0 Å². The summed E-state index contributed by atoms with van der Waals surface area (Å²) in [4.78, 5) is 24.0. The Morgan fingerprint density at radius 2 is 1.67 bits per heavy atom. The normalized spacial score (nSPS) is 10.0. The van der Waals surface area contributed by atoms with Crippen molar-refractivity contribution in [3.05, 3.63) is 0 Å². The van der Waals surface area contributed by atoms with Gasteiger partial charge in [-0.25, -0.2) is 0 Å². The summed E-state index contributed by atoms with van der Waals surface area (Å²) in [6.07, 6.45) is 1.86. The van der Waals surface area contributed by atoms with Crippen LogP contribution >= 0.6 is 0 Å². The van der Waals surface area contributed by atoms with Crippen LogP contribution in [0.4, 0.5) is 11.9 Å². The highest BCUT2D eigenvalue weighted by molar-refractivity contribution is 5.80. The van der Waals surface area contributed by atoms with Crippen LogP contribution in [0, 0.1) is 0 Å². The number of aromatic nitrogens is 3. The molecule has 118 valence electrons. The third-order valence-corrected chi connectivity index (χ3v) is 2.40. The first kappa shape index (κ1) is 16.9. The number of anilines is 2. The van der Waals surface area contributed by atoms with E-state index in [1.54, 1.807) is 0 Å². The summed E-state index contributed by atoms with van der Waals surface area (Å²) in [5, 5.41) is 8.72. The SMILES string of the molecule is CCCNC(=O)CNc1nc(NCCC)nc(OCC)n1. The molecule has 0 radical (unpaired) electrons. The van der Waals surface area contributed by atoms with Gasteiger partial charge >= 0.3 is 6.01 Å². The molecule has 0 aliphatic carbocycles. The first-order valence-electron chi connectivity index (χ1n) is 7.32. The average molecular weight is 296 g/mol. The first-order chi connectivity index (χ1) is 10.2. The Labute approximate surface area is 125 Å². The molecule has 1 amide bonds. The zero-order chi connectivity index (χ0) is 15.5. The monoisotopic (exact) mass is 296 g/mol. The van der Waals surface area contributed by atoms with Gasteiger partial charge in [0.2, 0.25) is 17.8 Å². The van der Waals surface area contributed by atoms with Gasteiger partial charge in [0.1, 0.15) is 0 Å². The van der Waals surface area contributed by atoms with E-state index < -0.39 is 0 Å². The Morgan fingerprint density at radius 1 is 1.00 bits per heavy atom. The molecule has 0 unspecified atom stereocenters. The van der Waals surface area contributed by atoms with Gasteiger partial charge in [-0.2, -0.15) is 15.0 Å². The van der Waals surface area contributed by atoms with E-state index in [2.05, 4.69) is 37.8 Å². The third kappa shape index (κ3) is 6.73. The maximum Gasteiger partial charge on any atom is 0.323 e. The van der Waals surface area contributed by atoms with Crippen LogP contribution in [0.1, 0.15) is 33.6 Å². The second kappa shape index (κ2) is 9.73. The predicted molar refractivity (Wildman–Crippen MR) is 81.6 cm³/mol. The fourth-order valence-corrected chi connectivity index (χ4v) is 1.43. The highest BCUT2D eigenvalue weighted by atomic mass is 16.5. The molecule has 0 saturated carbocycles. The second-order valence-electron chi connectivity index (χ2n) is 4.33. The zero-order valence-corrected chi connectivity index (χ0v) is 12.9. The molecule has 0 atom stereocenters. The molecule has 8 heteroatoms. The lowest BCUT2D eigenvalue weighted by molar-refractivity contribution is -0.119. The third-order valence-electron chi connectivity index (χ3n) is 2.40. The van der Waals surface area contributed by atoms with Gasteiger partial charge in [0, 0.05) is 13.1 Å². The van der Waals surface area contributed by atoms with Gasteiger partial charge in [-0.05, 0) is 19.8 Å². The summed E-state index contributed by atoms with van der Waals surface area (Å²) in [7, 11) is 0. The molecule has 0 aliphatic rings. The predicted octanol–water partition coefficient (Wildman–Crippen LogP) is 1.03. The lowest BCUT2D eigenvalue weighted by atomic mass is 10.4. The van der Waals surface area contributed by atoms with Gasteiger partial charge in [-0.1, -0.05) is 13.8 Å². The summed E-state index contributed by atoms with van der Waals surface area (Å²) in [5.74, 6) is 0.656. The van der Waals surface area contributed by atoms with E-state index in [-0.39, 0.29) is 18.5 Å². The van der Waals surface area contributed by atoms with Crippen LogP contribution in [0.25, 0.3) is 0 Å². The van der Waals surface area contributed by atoms with Crippen LogP contribution in [-0.4, -0.2) is 47.1 Å². The van der Waals surface area contributed by atoms with E-state index in [0.29, 0.717) is 25.0 Å². The number of amides is 1. The summed E-state index contributed by atoms with van der Waals surface area (Å²) in [5.41, 5.74) is 0. The number of rotatable bonds is 10. The van der Waals surface area contributed by atoms with Crippen molar-refractivity contribution in [2.24, 2.45) is 0 Å². The molecule has 1 heterocycles. The van der Waals surface area contributed by atoms with Gasteiger partial charge in [-0.3, -0.25) is 4.79 Å². The number of carbonyl (C=O) groups excluding carboxylic acids is 1. The fraction of sp³-hybridized carbons (Fsp3) is 0.692. The molecule has 3 N–H and O–H groups in total. The number of hydrogen-bond acceptors (Lipinski definition) is 7. The highest BCUT2D eigenvalue weighted by Gasteiger charge is 2.08. The summed E-state index contributed by atoms with van der Waals surface area (Å²) in [6.45, 7) is 7.90. The number of carbonyl (C=O) groups is 1. The smallest absolute Gasteiger partial charge is 0.323 e. The van der Waals surface area contributed by atoms with E-state index in [0.717, 1.165) is 19.4 Å². The summed E-state index contributed by atoms with van der Waals surface area (Å²) >= 11 is 0. The zero-order valence-electron chi connectivity index (χ0n) is 12.9. The fourth-order valence-electron chi connectivity index (χ4n) is 1.43. The summed E-state index contributed by atoms with van der Waals surface area (Å²) < 4.78 is 5.30. The van der Waals surface area contributed by atoms with Crippen molar-refractivity contribution in [2.75, 3.05) is 36.9 Å². The minimum Gasteiger partial charge on any atom is -0.464 e. The summed E-state index contributed by atoms with van der Waals surface area (Å²) in [6, 6.07) is 0.238. The van der Waals surface area contributed by atoms with Crippen molar-refractivity contribution in [3.8, 4) is 6.01 Å². The minimum atomic E-state index is -0.0988. The maximum absolute atomic E-state index is 11.6. The number of ether oxygens (including phenoxy) is 1. The standard InChI is InChI=1S/C13H24N6O2/c1-4-7-14-10(20)9-16-12-17-11(15-8-5-2)18-13(19-12)21-6-3/h4-9H2,1-3H3,(H,14,20)(H2,15,16,17,18,19). The van der Waals surface area contributed by atoms with Gasteiger partial charge in [0.25, 0.3) is 0 Å². The molecule has 1 aromatic rings. The van der Waals surface area contributed by atoms with Crippen LogP contribution in [0.5, 0.6) is 6.01 Å². The highest BCUT2D eigenvalue weighted by Crippen LogP contribution is 2.11. The van der Waals surface area contributed by atoms with Gasteiger partial charge in [0.15, 0.2) is 0 Å². The van der Waals surface area contributed by atoms with Crippen LogP contribution < -0.4 is 20.7 Å². The van der Waals surface area contributed by atoms with Crippen LogP contribution in [0.3, 0.4) is 0 Å². The molecule has 21 heavy (non-hydrogen) atoms. The van der Waals surface area contributed by atoms with Crippen molar-refractivity contribution < 1.29 is 9.53 Å². The van der Waals surface area contributed by atoms with E-state index in [1.165, 1.54) is 0 Å². The second-order valence-corrected chi connectivity index (χ2v) is 4.33. The van der Waals surface area contributed by atoms with E-state index in [4.69, 9.17) is 4.74 Å². The Hall–Kier alpha value is -2.12. The van der Waals surface area contributed by atoms with Gasteiger partial charge < -0.3 is 20.7 Å². The first-order valence-corrected chi connectivity index (χ1v) is 7.32. The van der Waals surface area contributed by atoms with Crippen LogP contribution in [0.15, 0.2) is 0 Å². The number of nitrogens with zero attached hydrogens (tertiary/aromatic N) is 3. The van der Waals surface area contributed by atoms with Gasteiger partial charge in [-0.15, -0.1) is 0 Å². The van der Waals surface area contributed by atoms with Crippen LogP contribution in [-0.2, 0) is 4.79 Å². The van der Waals surface area contributed by atoms with Crippen molar-refractivity contribution in [3.63, 3.8) is 0 Å². The average Bonchev–Trinajstić information content (AvgIpc) is 2.49. The molecule has 0 bridgehead atoms. The number of hydrogen-bond donors (Lipinski definition) is 3. The molecule has 0 aromatic carbocycles. The lowest BCUT2D eigenvalue weighted by Gasteiger charge is -2.09. The molecule has 1 aromatic heterocycles. The molecule has 0 aliphatic heterocycles. The minimum absolute atomic E-state index is 0.0988.